The zero-order valence-electron chi connectivity index (χ0n) is 16.9. The van der Waals surface area contributed by atoms with Crippen LogP contribution in [0.15, 0.2) is 60.7 Å². The highest BCUT2D eigenvalue weighted by Crippen LogP contribution is 2.45. The van der Waals surface area contributed by atoms with Gasteiger partial charge in [0.05, 0.1) is 17.8 Å². The minimum absolute atomic E-state index is 0.0363. The number of aromatic nitrogens is 2. The van der Waals surface area contributed by atoms with Gasteiger partial charge in [-0.1, -0.05) is 81.4 Å². The highest BCUT2D eigenvalue weighted by Gasteiger charge is 2.35. The molecule has 0 fully saturated rings. The summed E-state index contributed by atoms with van der Waals surface area (Å²) in [6, 6.07) is 20.2. The van der Waals surface area contributed by atoms with Crippen LogP contribution in [0.25, 0.3) is 11.3 Å². The van der Waals surface area contributed by atoms with E-state index in [-0.39, 0.29) is 5.91 Å². The molecule has 144 valence electrons. The molecule has 28 heavy (non-hydrogen) atoms. The number of hydrogen-bond donors (Lipinski definition) is 0. The molecule has 1 aliphatic rings. The largest absolute Gasteiger partial charge is 0.272 e. The molecule has 3 heteroatoms. The van der Waals surface area contributed by atoms with Crippen molar-refractivity contribution in [2.45, 2.75) is 51.9 Å². The molecule has 2 aromatic carbocycles. The van der Waals surface area contributed by atoms with Gasteiger partial charge in [-0.25, -0.2) is 0 Å². The van der Waals surface area contributed by atoms with Crippen LogP contribution in [0.3, 0.4) is 0 Å². The molecular formula is C25H28N2O. The fraction of sp³-hybridized carbons (Fsp3) is 0.360. The topological polar surface area (TPSA) is 34.9 Å². The van der Waals surface area contributed by atoms with E-state index in [0.29, 0.717) is 24.2 Å². The molecule has 0 saturated heterocycles. The predicted molar refractivity (Wildman–Crippen MR) is 114 cm³/mol. The lowest BCUT2D eigenvalue weighted by molar-refractivity contribution is 0.0899. The van der Waals surface area contributed by atoms with E-state index in [0.717, 1.165) is 35.4 Å². The van der Waals surface area contributed by atoms with Crippen molar-refractivity contribution < 1.29 is 4.79 Å². The Morgan fingerprint density at radius 2 is 1.68 bits per heavy atom. The number of benzene rings is 2. The van der Waals surface area contributed by atoms with E-state index in [1.165, 1.54) is 5.56 Å². The lowest BCUT2D eigenvalue weighted by atomic mass is 9.75. The van der Waals surface area contributed by atoms with Crippen molar-refractivity contribution in [3.63, 3.8) is 0 Å². The third-order valence-corrected chi connectivity index (χ3v) is 5.99. The molecule has 0 saturated carbocycles. The molecule has 0 spiro atoms. The first-order chi connectivity index (χ1) is 13.6. The van der Waals surface area contributed by atoms with E-state index >= 15 is 0 Å². The van der Waals surface area contributed by atoms with Crippen LogP contribution in [0.1, 0.15) is 67.1 Å². The molecule has 4 rings (SSSR count). The first kappa shape index (κ1) is 18.7. The molecule has 2 atom stereocenters. The minimum atomic E-state index is 0.0363. The maximum absolute atomic E-state index is 13.3. The van der Waals surface area contributed by atoms with Crippen molar-refractivity contribution in [1.82, 2.24) is 9.78 Å². The van der Waals surface area contributed by atoms with Crippen molar-refractivity contribution in [3.8, 4) is 11.3 Å². The maximum Gasteiger partial charge on any atom is 0.251 e. The molecule has 3 aromatic rings. The standard InChI is InChI=1S/C25H28N2O/c1-17(2)21-15-14-18(3)23-24(21)26-27(25(23)20-12-8-5-9-13-20)22(28)16-19-10-6-4-7-11-19/h4-13,17-18,21H,14-16H2,1-3H3/t18-,21-/m1/s1. The monoisotopic (exact) mass is 372 g/mol. The van der Waals surface area contributed by atoms with Gasteiger partial charge in [0, 0.05) is 17.0 Å². The average molecular weight is 373 g/mol. The molecule has 1 heterocycles. The number of hydrogen-bond acceptors (Lipinski definition) is 2. The van der Waals surface area contributed by atoms with Crippen LogP contribution in [0.2, 0.25) is 0 Å². The Morgan fingerprint density at radius 1 is 1.04 bits per heavy atom. The van der Waals surface area contributed by atoms with Crippen LogP contribution in [0, 0.1) is 5.92 Å². The van der Waals surface area contributed by atoms with E-state index in [1.54, 1.807) is 4.68 Å². The van der Waals surface area contributed by atoms with Crippen LogP contribution in [-0.4, -0.2) is 15.7 Å². The van der Waals surface area contributed by atoms with E-state index in [9.17, 15) is 4.79 Å². The molecule has 0 unspecified atom stereocenters. The van der Waals surface area contributed by atoms with Crippen molar-refractivity contribution in [2.24, 2.45) is 5.92 Å². The van der Waals surface area contributed by atoms with Crippen molar-refractivity contribution in [2.75, 3.05) is 0 Å². The van der Waals surface area contributed by atoms with Crippen molar-refractivity contribution in [1.29, 1.82) is 0 Å². The summed E-state index contributed by atoms with van der Waals surface area (Å²) >= 11 is 0. The number of rotatable bonds is 4. The van der Waals surface area contributed by atoms with Crippen LogP contribution < -0.4 is 0 Å². The normalized spacial score (nSPS) is 18.9. The van der Waals surface area contributed by atoms with Gasteiger partial charge < -0.3 is 0 Å². The zero-order valence-corrected chi connectivity index (χ0v) is 16.9. The molecule has 0 bridgehead atoms. The fourth-order valence-electron chi connectivity index (χ4n) is 4.47. The van der Waals surface area contributed by atoms with E-state index in [2.05, 4.69) is 32.9 Å². The highest BCUT2D eigenvalue weighted by atomic mass is 16.2. The summed E-state index contributed by atoms with van der Waals surface area (Å²) in [4.78, 5) is 13.3. The summed E-state index contributed by atoms with van der Waals surface area (Å²) in [7, 11) is 0. The second-order valence-corrected chi connectivity index (χ2v) is 8.31. The molecule has 1 aliphatic carbocycles. The fourth-order valence-corrected chi connectivity index (χ4v) is 4.47. The van der Waals surface area contributed by atoms with Crippen LogP contribution in [0.5, 0.6) is 0 Å². The summed E-state index contributed by atoms with van der Waals surface area (Å²) in [5.41, 5.74) is 5.50. The third kappa shape index (κ3) is 3.42. The maximum atomic E-state index is 13.3. The number of nitrogens with zero attached hydrogens (tertiary/aromatic N) is 2. The first-order valence-corrected chi connectivity index (χ1v) is 10.3. The molecule has 0 radical (unpaired) electrons. The van der Waals surface area contributed by atoms with E-state index in [1.807, 2.05) is 48.5 Å². The number of carbonyl (C=O) groups is 1. The summed E-state index contributed by atoms with van der Waals surface area (Å²) in [5.74, 6) is 1.38. The van der Waals surface area contributed by atoms with Gasteiger partial charge in [-0.3, -0.25) is 4.79 Å². The van der Waals surface area contributed by atoms with Gasteiger partial charge in [0.15, 0.2) is 0 Å². The van der Waals surface area contributed by atoms with E-state index < -0.39 is 0 Å². The summed E-state index contributed by atoms with van der Waals surface area (Å²) in [6.07, 6.45) is 2.65. The van der Waals surface area contributed by atoms with Gasteiger partial charge >= 0.3 is 0 Å². The zero-order chi connectivity index (χ0) is 19.7. The Kier molecular flexibility index (Phi) is 5.17. The lowest BCUT2D eigenvalue weighted by Gasteiger charge is -2.28. The Balaban J connectivity index is 1.86. The van der Waals surface area contributed by atoms with Gasteiger partial charge in [-0.15, -0.1) is 0 Å². The first-order valence-electron chi connectivity index (χ1n) is 10.3. The molecule has 1 aromatic heterocycles. The Bertz CT molecular complexity index is 957. The summed E-state index contributed by atoms with van der Waals surface area (Å²) in [5, 5.41) is 4.94. The van der Waals surface area contributed by atoms with E-state index in [4.69, 9.17) is 5.10 Å². The van der Waals surface area contributed by atoms with Crippen molar-refractivity contribution in [3.05, 3.63) is 77.5 Å². The molecule has 0 N–H and O–H groups in total. The van der Waals surface area contributed by atoms with Gasteiger partial charge in [-0.2, -0.15) is 9.78 Å². The van der Waals surface area contributed by atoms with Gasteiger partial charge in [-0.05, 0) is 30.2 Å². The second kappa shape index (κ2) is 7.75. The molecule has 0 amide bonds. The van der Waals surface area contributed by atoms with Crippen LogP contribution in [0.4, 0.5) is 0 Å². The smallest absolute Gasteiger partial charge is 0.251 e. The Morgan fingerprint density at radius 3 is 2.32 bits per heavy atom. The van der Waals surface area contributed by atoms with Gasteiger partial charge in [0.25, 0.3) is 5.91 Å². The van der Waals surface area contributed by atoms with Crippen LogP contribution >= 0.6 is 0 Å². The summed E-state index contributed by atoms with van der Waals surface area (Å²) in [6.45, 7) is 6.80. The van der Waals surface area contributed by atoms with Gasteiger partial charge in [0.1, 0.15) is 0 Å². The summed E-state index contributed by atoms with van der Waals surface area (Å²) < 4.78 is 1.70. The minimum Gasteiger partial charge on any atom is -0.272 e. The Labute approximate surface area is 167 Å². The molecule has 3 nitrogen and oxygen atoms in total. The lowest BCUT2D eigenvalue weighted by Crippen LogP contribution is -2.17. The number of fused-ring (bicyclic) bond motifs is 1. The van der Waals surface area contributed by atoms with Crippen LogP contribution in [-0.2, 0) is 6.42 Å². The highest BCUT2D eigenvalue weighted by molar-refractivity contribution is 5.86. The molecular weight excluding hydrogens is 344 g/mol. The predicted octanol–water partition coefficient (Wildman–Crippen LogP) is 6.07. The van der Waals surface area contributed by atoms with Crippen molar-refractivity contribution >= 4 is 5.91 Å². The molecule has 0 aliphatic heterocycles. The SMILES string of the molecule is CC(C)[C@H]1CC[C@@H](C)c2c1nn(C(=O)Cc1ccccc1)c2-c1ccccc1. The third-order valence-electron chi connectivity index (χ3n) is 5.99. The second-order valence-electron chi connectivity index (χ2n) is 8.31. The number of carbonyl (C=O) groups excluding carboxylic acids is 1. The quantitative estimate of drug-likeness (QED) is 0.557. The van der Waals surface area contributed by atoms with Gasteiger partial charge in [0.2, 0.25) is 0 Å². The average Bonchev–Trinajstić information content (AvgIpc) is 3.11. The Hall–Kier alpha value is -2.68.